The summed E-state index contributed by atoms with van der Waals surface area (Å²) >= 11 is 0. The summed E-state index contributed by atoms with van der Waals surface area (Å²) in [5, 5.41) is 0. The molecule has 0 aromatic rings. The number of likely N-dealkylation sites (N-methyl/N-ethyl adjacent to an activating group) is 1. The van der Waals surface area contributed by atoms with Gasteiger partial charge in [-0.2, -0.15) is 0 Å². The topological polar surface area (TPSA) is 21.7 Å². The molecule has 1 saturated carbocycles. The van der Waals surface area contributed by atoms with Gasteiger partial charge >= 0.3 is 0 Å². The van der Waals surface area contributed by atoms with Crippen molar-refractivity contribution in [1.82, 2.24) is 4.90 Å². The molecule has 0 radical (unpaired) electrons. The van der Waals surface area contributed by atoms with Crippen LogP contribution >= 0.6 is 0 Å². The van der Waals surface area contributed by atoms with Gasteiger partial charge in [0.25, 0.3) is 0 Å². The molecule has 38 heavy (non-hydrogen) atoms. The molecule has 3 fully saturated rings. The second-order valence-corrected chi connectivity index (χ2v) is 14.0. The van der Waals surface area contributed by atoms with Gasteiger partial charge in [-0.3, -0.25) is 0 Å². The van der Waals surface area contributed by atoms with E-state index in [0.29, 0.717) is 17.6 Å². The third-order valence-electron chi connectivity index (χ3n) is 10.3. The van der Waals surface area contributed by atoms with E-state index < -0.39 is 0 Å². The number of unbranched alkanes of at least 4 members (excludes halogenated alkanes) is 6. The van der Waals surface area contributed by atoms with E-state index in [0.717, 1.165) is 44.2 Å². The molecule has 0 aromatic heterocycles. The molecule has 1 aliphatic carbocycles. The fraction of sp³-hybridized carbons (Fsp3) is 0.943. The van der Waals surface area contributed by atoms with Crippen molar-refractivity contribution >= 4 is 0 Å². The quantitative estimate of drug-likeness (QED) is 0.130. The van der Waals surface area contributed by atoms with Crippen LogP contribution in [0.15, 0.2) is 12.2 Å². The number of ether oxygens (including phenoxy) is 2. The Kier molecular flexibility index (Phi) is 14.2. The van der Waals surface area contributed by atoms with Crippen LogP contribution < -0.4 is 0 Å². The summed E-state index contributed by atoms with van der Waals surface area (Å²) in [5.41, 5.74) is 0.509. The van der Waals surface area contributed by atoms with Crippen molar-refractivity contribution in [3.63, 3.8) is 0 Å². The van der Waals surface area contributed by atoms with Crippen molar-refractivity contribution < 1.29 is 9.47 Å². The molecule has 3 nitrogen and oxygen atoms in total. The maximum Gasteiger partial charge on any atom is 0.169 e. The van der Waals surface area contributed by atoms with Crippen LogP contribution in [0.4, 0.5) is 0 Å². The zero-order valence-corrected chi connectivity index (χ0v) is 26.3. The lowest BCUT2D eigenvalue weighted by Gasteiger charge is -2.45. The minimum absolute atomic E-state index is 0.272. The van der Waals surface area contributed by atoms with Gasteiger partial charge in [-0.25, -0.2) is 0 Å². The van der Waals surface area contributed by atoms with E-state index in [1.165, 1.54) is 109 Å². The monoisotopic (exact) mass is 532 g/mol. The molecule has 0 N–H and O–H groups in total. The third-order valence-corrected chi connectivity index (χ3v) is 10.3. The summed E-state index contributed by atoms with van der Waals surface area (Å²) in [6, 6.07) is 0. The van der Waals surface area contributed by atoms with Gasteiger partial charge in [0.05, 0.1) is 12.2 Å². The SMILES string of the molecule is CCCCC/C=C\CC(C)CCC1(CCCCCC(C)CCCC)CCC2(CC1)O[C@H]1CN(C)CC[C@H]1O2. The van der Waals surface area contributed by atoms with Gasteiger partial charge in [-0.05, 0) is 82.1 Å². The predicted molar refractivity (Wildman–Crippen MR) is 164 cm³/mol. The molecular formula is C35H65NO2. The summed E-state index contributed by atoms with van der Waals surface area (Å²) < 4.78 is 13.4. The van der Waals surface area contributed by atoms with Gasteiger partial charge in [0.15, 0.2) is 5.79 Å². The van der Waals surface area contributed by atoms with Gasteiger partial charge in [0.2, 0.25) is 0 Å². The first-order valence-electron chi connectivity index (χ1n) is 17.1. The summed E-state index contributed by atoms with van der Waals surface area (Å²) in [6.45, 7) is 11.7. The Bertz CT molecular complexity index is 652. The van der Waals surface area contributed by atoms with E-state index in [9.17, 15) is 0 Å². The summed E-state index contributed by atoms with van der Waals surface area (Å²) in [4.78, 5) is 2.42. The molecule has 1 spiro atoms. The molecular weight excluding hydrogens is 466 g/mol. The highest BCUT2D eigenvalue weighted by Gasteiger charge is 2.52. The summed E-state index contributed by atoms with van der Waals surface area (Å²) in [6.07, 6.45) is 32.1. The number of nitrogens with zero attached hydrogens (tertiary/aromatic N) is 1. The summed E-state index contributed by atoms with van der Waals surface area (Å²) in [5.74, 6) is 1.43. The highest BCUT2D eigenvalue weighted by molar-refractivity contribution is 4.97. The van der Waals surface area contributed by atoms with Crippen molar-refractivity contribution in [1.29, 1.82) is 0 Å². The van der Waals surface area contributed by atoms with Crippen molar-refractivity contribution in [2.24, 2.45) is 17.3 Å². The summed E-state index contributed by atoms with van der Waals surface area (Å²) in [7, 11) is 2.22. The minimum atomic E-state index is -0.272. The number of rotatable bonds is 18. The van der Waals surface area contributed by atoms with Crippen LogP contribution in [0.2, 0.25) is 0 Å². The Morgan fingerprint density at radius 3 is 2.26 bits per heavy atom. The molecule has 0 aromatic carbocycles. The highest BCUT2D eigenvalue weighted by atomic mass is 16.8. The largest absolute Gasteiger partial charge is 0.344 e. The van der Waals surface area contributed by atoms with Crippen LogP contribution in [-0.2, 0) is 9.47 Å². The van der Waals surface area contributed by atoms with Crippen molar-refractivity contribution in [2.45, 2.75) is 174 Å². The predicted octanol–water partition coefficient (Wildman–Crippen LogP) is 10.1. The molecule has 3 heteroatoms. The Balaban J connectivity index is 1.48. The maximum atomic E-state index is 6.71. The smallest absolute Gasteiger partial charge is 0.169 e. The fourth-order valence-corrected chi connectivity index (χ4v) is 7.39. The first-order chi connectivity index (χ1) is 18.4. The van der Waals surface area contributed by atoms with E-state index in [1.807, 2.05) is 0 Å². The van der Waals surface area contributed by atoms with E-state index in [2.05, 4.69) is 51.8 Å². The normalized spacial score (nSPS) is 31.7. The van der Waals surface area contributed by atoms with Gasteiger partial charge in [-0.15, -0.1) is 0 Å². The van der Waals surface area contributed by atoms with Crippen LogP contribution in [0, 0.1) is 17.3 Å². The Hall–Kier alpha value is -0.380. The third kappa shape index (κ3) is 10.5. The molecule has 2 unspecified atom stereocenters. The number of hydrogen-bond acceptors (Lipinski definition) is 3. The number of hydrogen-bond donors (Lipinski definition) is 0. The molecule has 2 heterocycles. The molecule has 2 saturated heterocycles. The zero-order chi connectivity index (χ0) is 27.3. The average Bonchev–Trinajstić information content (AvgIpc) is 3.26. The lowest BCUT2D eigenvalue weighted by Crippen LogP contribution is -2.43. The van der Waals surface area contributed by atoms with E-state index in [4.69, 9.17) is 9.47 Å². The van der Waals surface area contributed by atoms with Crippen LogP contribution in [0.25, 0.3) is 0 Å². The van der Waals surface area contributed by atoms with E-state index in [-0.39, 0.29) is 5.79 Å². The lowest BCUT2D eigenvalue weighted by molar-refractivity contribution is -0.208. The zero-order valence-electron chi connectivity index (χ0n) is 26.3. The van der Waals surface area contributed by atoms with Crippen LogP contribution in [0.5, 0.6) is 0 Å². The number of allylic oxidation sites excluding steroid dienone is 2. The Morgan fingerprint density at radius 2 is 1.50 bits per heavy atom. The number of fused-ring (bicyclic) bond motifs is 1. The maximum absolute atomic E-state index is 6.71. The lowest BCUT2D eigenvalue weighted by atomic mass is 9.66. The first kappa shape index (κ1) is 32.1. The second-order valence-electron chi connectivity index (χ2n) is 14.0. The Labute approximate surface area is 237 Å². The molecule has 0 amide bonds. The van der Waals surface area contributed by atoms with Crippen LogP contribution in [0.1, 0.15) is 156 Å². The molecule has 4 atom stereocenters. The number of likely N-dealkylation sites (tertiary alicyclic amines) is 1. The van der Waals surface area contributed by atoms with Gasteiger partial charge < -0.3 is 14.4 Å². The molecule has 2 aliphatic heterocycles. The molecule has 0 bridgehead atoms. The van der Waals surface area contributed by atoms with Crippen molar-refractivity contribution in [3.05, 3.63) is 12.2 Å². The van der Waals surface area contributed by atoms with Crippen molar-refractivity contribution in [2.75, 3.05) is 20.1 Å². The van der Waals surface area contributed by atoms with E-state index in [1.54, 1.807) is 0 Å². The first-order valence-corrected chi connectivity index (χ1v) is 17.1. The standard InChI is InChI=1S/C35H65NO2/c1-6-8-10-11-12-14-19-31(4)20-23-34(22-16-13-15-18-30(3)17-9-7-2)24-26-35(27-25-34)37-32-21-28-36(5)29-33(32)38-35/h12,14,30-33H,6-11,13,15-29H2,1-5H3/b14-12-/t30?,31?,32-,33+,34?,35?/m1/s1. The van der Waals surface area contributed by atoms with Crippen LogP contribution in [-0.4, -0.2) is 43.0 Å². The van der Waals surface area contributed by atoms with Gasteiger partial charge in [-0.1, -0.05) is 97.6 Å². The van der Waals surface area contributed by atoms with Gasteiger partial charge in [0, 0.05) is 25.9 Å². The van der Waals surface area contributed by atoms with Gasteiger partial charge in [0.1, 0.15) is 0 Å². The Morgan fingerprint density at radius 1 is 0.763 bits per heavy atom. The second kappa shape index (κ2) is 16.8. The fourth-order valence-electron chi connectivity index (χ4n) is 7.39. The molecule has 3 rings (SSSR count). The number of piperidine rings is 1. The molecule has 222 valence electrons. The average molecular weight is 532 g/mol. The van der Waals surface area contributed by atoms with E-state index >= 15 is 0 Å². The minimum Gasteiger partial charge on any atom is -0.344 e. The molecule has 3 aliphatic rings. The highest BCUT2D eigenvalue weighted by Crippen LogP contribution is 2.52. The van der Waals surface area contributed by atoms with Crippen molar-refractivity contribution in [3.8, 4) is 0 Å². The van der Waals surface area contributed by atoms with Crippen LogP contribution in [0.3, 0.4) is 0 Å².